The maximum atomic E-state index is 12.4. The fourth-order valence-corrected chi connectivity index (χ4v) is 3.55. The van der Waals surface area contributed by atoms with Gasteiger partial charge in [-0.2, -0.15) is 4.31 Å². The van der Waals surface area contributed by atoms with Crippen molar-refractivity contribution in [1.82, 2.24) is 4.31 Å². The quantitative estimate of drug-likeness (QED) is 0.748. The Labute approximate surface area is 125 Å². The third-order valence-corrected chi connectivity index (χ3v) is 5.49. The first-order valence-electron chi connectivity index (χ1n) is 6.01. The van der Waals surface area contributed by atoms with Crippen molar-refractivity contribution in [2.24, 2.45) is 0 Å². The molecule has 0 saturated heterocycles. The summed E-state index contributed by atoms with van der Waals surface area (Å²) in [6.45, 7) is -0.513. The van der Waals surface area contributed by atoms with Crippen molar-refractivity contribution in [2.45, 2.75) is 4.90 Å². The number of sulfone groups is 1. The van der Waals surface area contributed by atoms with Gasteiger partial charge < -0.3 is 5.11 Å². The molecule has 1 rings (SSSR count). The Hall–Kier alpha value is -1.40. The molecule has 0 amide bonds. The van der Waals surface area contributed by atoms with Crippen LogP contribution in [0.2, 0.25) is 0 Å². The van der Waals surface area contributed by atoms with E-state index in [-0.39, 0.29) is 29.4 Å². The monoisotopic (exact) mass is 331 g/mol. The van der Waals surface area contributed by atoms with Crippen LogP contribution < -0.4 is 0 Å². The van der Waals surface area contributed by atoms with E-state index in [1.165, 1.54) is 19.2 Å². The molecule has 0 aliphatic rings. The molecule has 0 aliphatic carbocycles. The van der Waals surface area contributed by atoms with E-state index < -0.39 is 19.9 Å². The van der Waals surface area contributed by atoms with Gasteiger partial charge in [-0.1, -0.05) is 24.0 Å². The van der Waals surface area contributed by atoms with Crippen LogP contribution in [-0.4, -0.2) is 58.5 Å². The molecule has 116 valence electrons. The zero-order chi connectivity index (χ0) is 16.1. The summed E-state index contributed by atoms with van der Waals surface area (Å²) in [5, 5.41) is 8.70. The van der Waals surface area contributed by atoms with E-state index in [2.05, 4.69) is 11.8 Å². The molecule has 0 bridgehead atoms. The predicted octanol–water partition coefficient (Wildman–Crippen LogP) is -0.304. The van der Waals surface area contributed by atoms with Gasteiger partial charge in [-0.3, -0.25) is 0 Å². The molecule has 0 unspecified atom stereocenters. The number of aliphatic hydroxyl groups is 1. The Kier molecular flexibility index (Phi) is 5.92. The number of hydrogen-bond donors (Lipinski definition) is 1. The lowest BCUT2D eigenvalue weighted by Gasteiger charge is -2.17. The molecule has 0 aliphatic heterocycles. The molecule has 8 heteroatoms. The van der Waals surface area contributed by atoms with E-state index in [0.29, 0.717) is 0 Å². The summed E-state index contributed by atoms with van der Waals surface area (Å²) in [4.78, 5) is -0.0121. The lowest BCUT2D eigenvalue weighted by atomic mass is 10.2. The van der Waals surface area contributed by atoms with Crippen molar-refractivity contribution in [3.05, 3.63) is 29.8 Å². The van der Waals surface area contributed by atoms with Crippen LogP contribution in [0.25, 0.3) is 0 Å². The van der Waals surface area contributed by atoms with E-state index in [1.54, 1.807) is 12.1 Å². The van der Waals surface area contributed by atoms with Gasteiger partial charge >= 0.3 is 0 Å². The highest BCUT2D eigenvalue weighted by Crippen LogP contribution is 2.18. The number of rotatable bonds is 5. The molecule has 0 heterocycles. The highest BCUT2D eigenvalue weighted by atomic mass is 32.2. The summed E-state index contributed by atoms with van der Waals surface area (Å²) in [5.41, 5.74) is 0.262. The van der Waals surface area contributed by atoms with Gasteiger partial charge in [0.05, 0.1) is 10.6 Å². The van der Waals surface area contributed by atoms with Gasteiger partial charge in [0, 0.05) is 25.4 Å². The molecule has 0 saturated carbocycles. The molecule has 0 atom stereocenters. The summed E-state index contributed by atoms with van der Waals surface area (Å²) in [6.07, 6.45) is 1.05. The highest BCUT2D eigenvalue weighted by Gasteiger charge is 2.23. The minimum atomic E-state index is -3.84. The molecule has 0 radical (unpaired) electrons. The third-order valence-electron chi connectivity index (χ3n) is 2.65. The fourth-order valence-electron chi connectivity index (χ4n) is 1.51. The average Bonchev–Trinajstić information content (AvgIpc) is 2.41. The van der Waals surface area contributed by atoms with Crippen molar-refractivity contribution in [3.8, 4) is 11.8 Å². The second kappa shape index (κ2) is 7.04. The number of sulfonamides is 1. The Morgan fingerprint density at radius 1 is 1.19 bits per heavy atom. The van der Waals surface area contributed by atoms with Crippen molar-refractivity contribution in [1.29, 1.82) is 0 Å². The Bertz CT molecular complexity index is 757. The second-order valence-electron chi connectivity index (χ2n) is 4.41. The number of aliphatic hydroxyl groups excluding tert-OH is 1. The van der Waals surface area contributed by atoms with Crippen LogP contribution in [-0.2, 0) is 19.9 Å². The molecule has 0 aromatic heterocycles. The van der Waals surface area contributed by atoms with E-state index in [1.807, 2.05) is 0 Å². The second-order valence-corrected chi connectivity index (χ2v) is 8.69. The van der Waals surface area contributed by atoms with Gasteiger partial charge in [0.2, 0.25) is 10.0 Å². The normalized spacial score (nSPS) is 12.0. The minimum Gasteiger partial charge on any atom is -0.384 e. The first-order chi connectivity index (χ1) is 9.68. The maximum Gasteiger partial charge on any atom is 0.244 e. The third kappa shape index (κ3) is 5.13. The molecule has 1 aromatic rings. The number of hydrogen-bond acceptors (Lipinski definition) is 5. The largest absolute Gasteiger partial charge is 0.384 e. The summed E-state index contributed by atoms with van der Waals surface area (Å²) in [6, 6.07) is 6.12. The summed E-state index contributed by atoms with van der Waals surface area (Å²) >= 11 is 0. The van der Waals surface area contributed by atoms with E-state index >= 15 is 0 Å². The SMILES string of the molecule is CN(CCS(C)(=O)=O)S(=O)(=O)c1ccccc1C#CCO. The summed E-state index contributed by atoms with van der Waals surface area (Å²) in [5.74, 6) is 4.71. The predicted molar refractivity (Wildman–Crippen MR) is 79.9 cm³/mol. The molecule has 21 heavy (non-hydrogen) atoms. The molecular formula is C13H17NO5S2. The Morgan fingerprint density at radius 3 is 2.38 bits per heavy atom. The maximum absolute atomic E-state index is 12.4. The van der Waals surface area contributed by atoms with Crippen LogP contribution in [0.4, 0.5) is 0 Å². The van der Waals surface area contributed by atoms with Crippen LogP contribution in [0.3, 0.4) is 0 Å². The van der Waals surface area contributed by atoms with Crippen molar-refractivity contribution in [3.63, 3.8) is 0 Å². The number of nitrogens with zero attached hydrogens (tertiary/aromatic N) is 1. The molecule has 0 fully saturated rings. The Morgan fingerprint density at radius 2 is 1.81 bits per heavy atom. The van der Waals surface area contributed by atoms with Gasteiger partial charge in [0.15, 0.2) is 0 Å². The van der Waals surface area contributed by atoms with E-state index in [4.69, 9.17) is 5.11 Å². The zero-order valence-corrected chi connectivity index (χ0v) is 13.4. The van der Waals surface area contributed by atoms with Crippen LogP contribution in [0.15, 0.2) is 29.2 Å². The van der Waals surface area contributed by atoms with Crippen LogP contribution in [0.5, 0.6) is 0 Å². The van der Waals surface area contributed by atoms with Gasteiger partial charge in [-0.25, -0.2) is 16.8 Å². The molecule has 6 nitrogen and oxygen atoms in total. The molecule has 1 aromatic carbocycles. The summed E-state index contributed by atoms with van der Waals surface area (Å²) in [7, 11) is -5.77. The minimum absolute atomic E-state index is 0.0121. The smallest absolute Gasteiger partial charge is 0.244 e. The average molecular weight is 331 g/mol. The number of benzene rings is 1. The highest BCUT2D eigenvalue weighted by molar-refractivity contribution is 7.91. The molecular weight excluding hydrogens is 314 g/mol. The van der Waals surface area contributed by atoms with Crippen molar-refractivity contribution >= 4 is 19.9 Å². The van der Waals surface area contributed by atoms with Gasteiger partial charge in [-0.15, -0.1) is 0 Å². The zero-order valence-electron chi connectivity index (χ0n) is 11.8. The van der Waals surface area contributed by atoms with Crippen molar-refractivity contribution in [2.75, 3.05) is 32.2 Å². The standard InChI is InChI=1S/C13H17NO5S2/c1-14(9-11-20(2,16)17)21(18,19)13-8-4-3-6-12(13)7-5-10-15/h3-4,6,8,15H,9-11H2,1-2H3. The Balaban J connectivity index is 3.13. The van der Waals surface area contributed by atoms with Crippen LogP contribution in [0, 0.1) is 11.8 Å². The fraction of sp³-hybridized carbons (Fsp3) is 0.385. The van der Waals surface area contributed by atoms with E-state index in [0.717, 1.165) is 10.6 Å². The first-order valence-corrected chi connectivity index (χ1v) is 9.51. The molecule has 0 spiro atoms. The van der Waals surface area contributed by atoms with Crippen LogP contribution in [0.1, 0.15) is 5.56 Å². The lowest BCUT2D eigenvalue weighted by molar-refractivity contribution is 0.350. The van der Waals surface area contributed by atoms with Gasteiger partial charge in [0.25, 0.3) is 0 Å². The van der Waals surface area contributed by atoms with Gasteiger partial charge in [0.1, 0.15) is 16.4 Å². The molecule has 1 N–H and O–H groups in total. The summed E-state index contributed by atoms with van der Waals surface area (Å²) < 4.78 is 48.1. The van der Waals surface area contributed by atoms with Crippen LogP contribution >= 0.6 is 0 Å². The lowest BCUT2D eigenvalue weighted by Crippen LogP contribution is -2.32. The van der Waals surface area contributed by atoms with Crippen molar-refractivity contribution < 1.29 is 21.9 Å². The van der Waals surface area contributed by atoms with E-state index in [9.17, 15) is 16.8 Å². The first kappa shape index (κ1) is 17.7. The topological polar surface area (TPSA) is 91.8 Å². The van der Waals surface area contributed by atoms with Gasteiger partial charge in [-0.05, 0) is 12.1 Å².